The van der Waals surface area contributed by atoms with Crippen molar-refractivity contribution in [2.75, 3.05) is 6.54 Å². The zero-order valence-corrected chi connectivity index (χ0v) is 10.3. The van der Waals surface area contributed by atoms with Gasteiger partial charge in [-0.25, -0.2) is 4.39 Å². The van der Waals surface area contributed by atoms with E-state index in [0.717, 1.165) is 10.4 Å². The van der Waals surface area contributed by atoms with Gasteiger partial charge >= 0.3 is 0 Å². The van der Waals surface area contributed by atoms with Gasteiger partial charge in [0.25, 0.3) is 5.91 Å². The molecule has 2 aromatic rings. The number of benzene rings is 1. The van der Waals surface area contributed by atoms with Crippen LogP contribution < -0.4 is 5.32 Å². The summed E-state index contributed by atoms with van der Waals surface area (Å²) in [6, 6.07) is 9.73. The summed E-state index contributed by atoms with van der Waals surface area (Å²) < 4.78 is 12.8. The van der Waals surface area contributed by atoms with E-state index in [1.165, 1.54) is 23.5 Å². The van der Waals surface area contributed by atoms with Crippen LogP contribution in [0.3, 0.4) is 0 Å². The molecule has 0 bridgehead atoms. The first kappa shape index (κ1) is 12.3. The maximum atomic E-state index is 12.8. The number of terminal acetylenes is 1. The van der Waals surface area contributed by atoms with Crippen molar-refractivity contribution in [2.24, 2.45) is 0 Å². The maximum Gasteiger partial charge on any atom is 0.262 e. The van der Waals surface area contributed by atoms with Crippen LogP contribution in [0.2, 0.25) is 0 Å². The molecule has 1 amide bonds. The number of halogens is 1. The lowest BCUT2D eigenvalue weighted by molar-refractivity contribution is 0.0962. The summed E-state index contributed by atoms with van der Waals surface area (Å²) in [7, 11) is 0. The fourth-order valence-electron chi connectivity index (χ4n) is 1.45. The van der Waals surface area contributed by atoms with Crippen LogP contribution in [0.5, 0.6) is 0 Å². The molecule has 0 atom stereocenters. The molecule has 1 heterocycles. The Morgan fingerprint density at radius 1 is 1.28 bits per heavy atom. The van der Waals surface area contributed by atoms with E-state index >= 15 is 0 Å². The molecular formula is C14H10FNOS. The van der Waals surface area contributed by atoms with Gasteiger partial charge in [-0.05, 0) is 29.8 Å². The summed E-state index contributed by atoms with van der Waals surface area (Å²) in [4.78, 5) is 13.2. The van der Waals surface area contributed by atoms with Crippen molar-refractivity contribution < 1.29 is 9.18 Å². The van der Waals surface area contributed by atoms with Gasteiger partial charge in [-0.2, -0.15) is 0 Å². The van der Waals surface area contributed by atoms with Gasteiger partial charge in [-0.1, -0.05) is 18.1 Å². The number of amides is 1. The van der Waals surface area contributed by atoms with E-state index in [9.17, 15) is 9.18 Å². The van der Waals surface area contributed by atoms with Crippen molar-refractivity contribution in [1.82, 2.24) is 5.32 Å². The van der Waals surface area contributed by atoms with Crippen LogP contribution >= 0.6 is 11.3 Å². The highest BCUT2D eigenvalue weighted by molar-refractivity contribution is 7.17. The molecular weight excluding hydrogens is 249 g/mol. The van der Waals surface area contributed by atoms with Crippen LogP contribution in [0, 0.1) is 18.2 Å². The highest BCUT2D eigenvalue weighted by atomic mass is 32.1. The minimum absolute atomic E-state index is 0.189. The highest BCUT2D eigenvalue weighted by Crippen LogP contribution is 2.28. The zero-order chi connectivity index (χ0) is 13.0. The van der Waals surface area contributed by atoms with Crippen LogP contribution in [0.4, 0.5) is 4.39 Å². The van der Waals surface area contributed by atoms with E-state index in [1.807, 2.05) is 6.07 Å². The molecule has 0 saturated carbocycles. The molecule has 18 heavy (non-hydrogen) atoms. The fourth-order valence-corrected chi connectivity index (χ4v) is 2.38. The number of thiophene rings is 1. The average Bonchev–Trinajstić information content (AvgIpc) is 2.86. The summed E-state index contributed by atoms with van der Waals surface area (Å²) in [6.07, 6.45) is 5.07. The summed E-state index contributed by atoms with van der Waals surface area (Å²) >= 11 is 1.35. The molecule has 1 aromatic carbocycles. The van der Waals surface area contributed by atoms with Gasteiger partial charge in [0.05, 0.1) is 11.4 Å². The lowest BCUT2D eigenvalue weighted by Crippen LogP contribution is -2.22. The topological polar surface area (TPSA) is 29.1 Å². The van der Waals surface area contributed by atoms with Gasteiger partial charge < -0.3 is 5.32 Å². The first-order valence-corrected chi connectivity index (χ1v) is 6.10. The molecule has 0 fully saturated rings. The van der Waals surface area contributed by atoms with Crippen molar-refractivity contribution >= 4 is 17.2 Å². The Labute approximate surface area is 108 Å². The molecule has 0 unspecified atom stereocenters. The largest absolute Gasteiger partial charge is 0.340 e. The number of rotatable bonds is 3. The molecule has 90 valence electrons. The normalized spacial score (nSPS) is 9.78. The van der Waals surface area contributed by atoms with E-state index in [4.69, 9.17) is 6.42 Å². The number of carbonyl (C=O) groups excluding carboxylic acids is 1. The molecule has 0 aliphatic carbocycles. The minimum atomic E-state index is -0.276. The van der Waals surface area contributed by atoms with E-state index in [1.54, 1.807) is 18.2 Å². The SMILES string of the molecule is C#CCNC(=O)c1ccc(-c2ccc(F)cc2)s1. The molecule has 2 nitrogen and oxygen atoms in total. The highest BCUT2D eigenvalue weighted by Gasteiger charge is 2.09. The Balaban J connectivity index is 2.18. The monoisotopic (exact) mass is 259 g/mol. The van der Waals surface area contributed by atoms with E-state index in [-0.39, 0.29) is 18.3 Å². The maximum absolute atomic E-state index is 12.8. The summed E-state index contributed by atoms with van der Waals surface area (Å²) in [5.74, 6) is 1.88. The smallest absolute Gasteiger partial charge is 0.262 e. The number of nitrogens with one attached hydrogen (secondary N) is 1. The fraction of sp³-hybridized carbons (Fsp3) is 0.0714. The molecule has 0 aliphatic rings. The summed E-state index contributed by atoms with van der Waals surface area (Å²) in [5.41, 5.74) is 0.886. The Kier molecular flexibility index (Phi) is 3.75. The average molecular weight is 259 g/mol. The summed E-state index contributed by atoms with van der Waals surface area (Å²) in [5, 5.41) is 2.60. The second kappa shape index (κ2) is 5.48. The van der Waals surface area contributed by atoms with Gasteiger partial charge in [-0.15, -0.1) is 17.8 Å². The van der Waals surface area contributed by atoms with E-state index in [0.29, 0.717) is 4.88 Å². The quantitative estimate of drug-likeness (QED) is 0.844. The molecule has 1 N–H and O–H groups in total. The molecule has 4 heteroatoms. The Bertz CT molecular complexity index is 595. The van der Waals surface area contributed by atoms with Crippen molar-refractivity contribution in [2.45, 2.75) is 0 Å². The molecule has 2 rings (SSSR count). The van der Waals surface area contributed by atoms with Gasteiger partial charge in [0.15, 0.2) is 0 Å². The van der Waals surface area contributed by atoms with Crippen molar-refractivity contribution in [3.8, 4) is 22.8 Å². The van der Waals surface area contributed by atoms with Crippen LogP contribution in [-0.2, 0) is 0 Å². The number of carbonyl (C=O) groups is 1. The van der Waals surface area contributed by atoms with Gasteiger partial charge in [0.1, 0.15) is 5.82 Å². The number of hydrogen-bond donors (Lipinski definition) is 1. The van der Waals surface area contributed by atoms with Crippen LogP contribution in [0.15, 0.2) is 36.4 Å². The lowest BCUT2D eigenvalue weighted by atomic mass is 10.2. The molecule has 0 aliphatic heterocycles. The molecule has 1 aromatic heterocycles. The van der Waals surface area contributed by atoms with Gasteiger partial charge in [0, 0.05) is 4.88 Å². The Hall–Kier alpha value is -2.12. The first-order valence-electron chi connectivity index (χ1n) is 5.28. The van der Waals surface area contributed by atoms with Crippen LogP contribution in [-0.4, -0.2) is 12.5 Å². The third-order valence-corrected chi connectivity index (χ3v) is 3.44. The Morgan fingerprint density at radius 2 is 2.00 bits per heavy atom. The van der Waals surface area contributed by atoms with Crippen molar-refractivity contribution in [3.05, 3.63) is 47.1 Å². The third kappa shape index (κ3) is 2.76. The molecule has 0 saturated heterocycles. The van der Waals surface area contributed by atoms with E-state index in [2.05, 4.69) is 11.2 Å². The number of hydrogen-bond acceptors (Lipinski definition) is 2. The predicted molar refractivity (Wildman–Crippen MR) is 70.9 cm³/mol. The first-order chi connectivity index (χ1) is 8.70. The lowest BCUT2D eigenvalue weighted by Gasteiger charge is -1.98. The second-order valence-corrected chi connectivity index (χ2v) is 4.64. The van der Waals surface area contributed by atoms with Crippen LogP contribution in [0.1, 0.15) is 9.67 Å². The van der Waals surface area contributed by atoms with Crippen molar-refractivity contribution in [1.29, 1.82) is 0 Å². The molecule has 0 spiro atoms. The summed E-state index contributed by atoms with van der Waals surface area (Å²) in [6.45, 7) is 0.211. The van der Waals surface area contributed by atoms with Gasteiger partial charge in [0.2, 0.25) is 0 Å². The Morgan fingerprint density at radius 3 is 2.67 bits per heavy atom. The van der Waals surface area contributed by atoms with Gasteiger partial charge in [-0.3, -0.25) is 4.79 Å². The van der Waals surface area contributed by atoms with Crippen LogP contribution in [0.25, 0.3) is 10.4 Å². The molecule has 0 radical (unpaired) electrons. The predicted octanol–water partition coefficient (Wildman–Crippen LogP) is 2.92. The second-order valence-electron chi connectivity index (χ2n) is 3.56. The minimum Gasteiger partial charge on any atom is -0.340 e. The zero-order valence-electron chi connectivity index (χ0n) is 9.44. The van der Waals surface area contributed by atoms with E-state index < -0.39 is 0 Å². The third-order valence-electron chi connectivity index (χ3n) is 2.31. The van der Waals surface area contributed by atoms with Crippen molar-refractivity contribution in [3.63, 3.8) is 0 Å². The standard InChI is InChI=1S/C14H10FNOS/c1-2-9-16-14(17)13-8-7-12(18-13)10-3-5-11(15)6-4-10/h1,3-8H,9H2,(H,16,17).